The lowest BCUT2D eigenvalue weighted by Crippen LogP contribution is -2.39. The number of aromatic nitrogens is 2. The van der Waals surface area contributed by atoms with Crippen LogP contribution in [0.5, 0.6) is 0 Å². The Balaban J connectivity index is 1.87. The van der Waals surface area contributed by atoms with E-state index in [1.54, 1.807) is 6.92 Å². The Hall–Kier alpha value is -2.36. The van der Waals surface area contributed by atoms with Crippen LogP contribution in [-0.4, -0.2) is 27.3 Å². The summed E-state index contributed by atoms with van der Waals surface area (Å²) in [6.07, 6.45) is 4.96. The summed E-state index contributed by atoms with van der Waals surface area (Å²) in [7, 11) is 0. The van der Waals surface area contributed by atoms with Crippen molar-refractivity contribution >= 4 is 5.91 Å². The van der Waals surface area contributed by atoms with Crippen molar-refractivity contribution in [2.45, 2.75) is 39.2 Å². The molecule has 1 aliphatic heterocycles. The average molecular weight is 309 g/mol. The highest BCUT2D eigenvalue weighted by Gasteiger charge is 2.30. The second-order valence-electron chi connectivity index (χ2n) is 6.34. The number of H-pyrrole nitrogens is 1. The van der Waals surface area contributed by atoms with Crippen LogP contribution in [0.4, 0.5) is 0 Å². The number of carbonyl (C=O) groups excluding carboxylic acids is 1. The van der Waals surface area contributed by atoms with Gasteiger partial charge in [-0.1, -0.05) is 36.4 Å². The third-order valence-corrected chi connectivity index (χ3v) is 4.40. The number of piperidine rings is 1. The zero-order chi connectivity index (χ0) is 16.4. The maximum Gasteiger partial charge on any atom is 0.249 e. The first-order chi connectivity index (χ1) is 11.1. The van der Waals surface area contributed by atoms with Gasteiger partial charge >= 0.3 is 0 Å². The lowest BCUT2D eigenvalue weighted by atomic mass is 10.0. The van der Waals surface area contributed by atoms with Crippen molar-refractivity contribution in [1.29, 1.82) is 0 Å². The number of hydrogen-bond acceptors (Lipinski definition) is 2. The van der Waals surface area contributed by atoms with Crippen LogP contribution in [0.3, 0.4) is 0 Å². The molecule has 23 heavy (non-hydrogen) atoms. The molecule has 2 heterocycles. The fourth-order valence-electron chi connectivity index (χ4n) is 3.09. The van der Waals surface area contributed by atoms with Gasteiger partial charge in [0, 0.05) is 12.1 Å². The molecule has 1 amide bonds. The minimum Gasteiger partial charge on any atom is -0.340 e. The summed E-state index contributed by atoms with van der Waals surface area (Å²) in [5.74, 6) is 0.901. The summed E-state index contributed by atoms with van der Waals surface area (Å²) in [5, 5.41) is 0. The van der Waals surface area contributed by atoms with E-state index in [4.69, 9.17) is 0 Å². The molecule has 3 rings (SSSR count). The van der Waals surface area contributed by atoms with Gasteiger partial charge in [-0.2, -0.15) is 0 Å². The van der Waals surface area contributed by atoms with Gasteiger partial charge in [0.2, 0.25) is 5.91 Å². The maximum atomic E-state index is 12.4. The van der Waals surface area contributed by atoms with Gasteiger partial charge < -0.3 is 9.88 Å². The molecule has 1 atom stereocenters. The molecular formula is C19H23N3O. The predicted octanol–water partition coefficient (Wildman–Crippen LogP) is 4.01. The Bertz CT molecular complexity index is 714. The van der Waals surface area contributed by atoms with Crippen molar-refractivity contribution < 1.29 is 4.79 Å². The van der Waals surface area contributed by atoms with E-state index in [-0.39, 0.29) is 11.9 Å². The second-order valence-corrected chi connectivity index (χ2v) is 6.34. The van der Waals surface area contributed by atoms with Crippen molar-refractivity contribution in [1.82, 2.24) is 14.9 Å². The van der Waals surface area contributed by atoms with E-state index in [1.165, 1.54) is 5.56 Å². The first kappa shape index (κ1) is 15.5. The molecule has 0 saturated carbocycles. The third kappa shape index (κ3) is 3.21. The minimum atomic E-state index is 0.0205. The molecule has 2 aromatic rings. The molecule has 1 N–H and O–H groups in total. The molecule has 4 heteroatoms. The number of nitrogens with zero attached hydrogens (tertiary/aromatic N) is 2. The highest BCUT2D eigenvalue weighted by molar-refractivity contribution is 5.92. The van der Waals surface area contributed by atoms with Crippen molar-refractivity contribution in [3.05, 3.63) is 54.0 Å². The number of aryl methyl sites for hydroxylation is 1. The van der Waals surface area contributed by atoms with Crippen LogP contribution in [0, 0.1) is 6.92 Å². The smallest absolute Gasteiger partial charge is 0.249 e. The molecule has 1 saturated heterocycles. The second kappa shape index (κ2) is 6.41. The largest absolute Gasteiger partial charge is 0.340 e. The molecule has 1 aromatic carbocycles. The van der Waals surface area contributed by atoms with Gasteiger partial charge in [-0.3, -0.25) is 4.79 Å². The monoisotopic (exact) mass is 309 g/mol. The number of amides is 1. The van der Waals surface area contributed by atoms with Crippen LogP contribution in [0.1, 0.15) is 43.6 Å². The van der Waals surface area contributed by atoms with Gasteiger partial charge in [0.25, 0.3) is 0 Å². The Morgan fingerprint density at radius 3 is 2.74 bits per heavy atom. The van der Waals surface area contributed by atoms with Gasteiger partial charge in [0.05, 0.1) is 17.9 Å². The van der Waals surface area contributed by atoms with Gasteiger partial charge in [-0.15, -0.1) is 0 Å². The lowest BCUT2D eigenvalue weighted by Gasteiger charge is -2.34. The number of rotatable bonds is 3. The topological polar surface area (TPSA) is 49.0 Å². The standard InChI is InChI=1S/C19H23N3O/c1-13(2)19(23)22-11-5-4-6-17(22)18-20-12-16(21-18)15-9-7-14(3)8-10-15/h7-10,12,17H,1,4-6,11H2,2-3H3,(H,20,21). The highest BCUT2D eigenvalue weighted by atomic mass is 16.2. The van der Waals surface area contributed by atoms with Gasteiger partial charge in [0.1, 0.15) is 5.82 Å². The van der Waals surface area contributed by atoms with Crippen molar-refractivity contribution in [3.8, 4) is 11.3 Å². The molecule has 0 radical (unpaired) electrons. The molecule has 4 nitrogen and oxygen atoms in total. The van der Waals surface area contributed by atoms with Crippen LogP contribution < -0.4 is 0 Å². The average Bonchev–Trinajstić information content (AvgIpc) is 3.04. The van der Waals surface area contributed by atoms with E-state index in [2.05, 4.69) is 47.7 Å². The van der Waals surface area contributed by atoms with Crippen LogP contribution in [0.15, 0.2) is 42.6 Å². The SMILES string of the molecule is C=C(C)C(=O)N1CCCCC1c1ncc(-c2ccc(C)cc2)[nH]1. The molecule has 0 spiro atoms. The number of nitrogens with one attached hydrogen (secondary N) is 1. The Kier molecular flexibility index (Phi) is 4.33. The van der Waals surface area contributed by atoms with Crippen LogP contribution in [0.2, 0.25) is 0 Å². The Labute approximate surface area is 137 Å². The minimum absolute atomic E-state index is 0.0205. The molecule has 120 valence electrons. The Morgan fingerprint density at radius 2 is 2.04 bits per heavy atom. The fraction of sp³-hybridized carbons (Fsp3) is 0.368. The zero-order valence-electron chi connectivity index (χ0n) is 13.8. The molecule has 1 aromatic heterocycles. The fourth-order valence-corrected chi connectivity index (χ4v) is 3.09. The molecule has 1 aliphatic rings. The maximum absolute atomic E-state index is 12.4. The normalized spacial score (nSPS) is 18.0. The first-order valence-corrected chi connectivity index (χ1v) is 8.14. The van der Waals surface area contributed by atoms with Gasteiger partial charge in [-0.25, -0.2) is 4.98 Å². The van der Waals surface area contributed by atoms with Crippen molar-refractivity contribution in [2.75, 3.05) is 6.54 Å². The summed E-state index contributed by atoms with van der Waals surface area (Å²) >= 11 is 0. The number of imidazole rings is 1. The number of aromatic amines is 1. The van der Waals surface area contributed by atoms with Crippen molar-refractivity contribution in [3.63, 3.8) is 0 Å². The van der Waals surface area contributed by atoms with E-state index < -0.39 is 0 Å². The number of hydrogen-bond donors (Lipinski definition) is 1. The first-order valence-electron chi connectivity index (χ1n) is 8.14. The van der Waals surface area contributed by atoms with Crippen molar-refractivity contribution in [2.24, 2.45) is 0 Å². The number of likely N-dealkylation sites (tertiary alicyclic amines) is 1. The molecule has 1 unspecified atom stereocenters. The van der Waals surface area contributed by atoms with Crippen LogP contribution >= 0.6 is 0 Å². The molecular weight excluding hydrogens is 286 g/mol. The zero-order valence-corrected chi connectivity index (χ0v) is 13.8. The van der Waals surface area contributed by atoms with E-state index in [0.29, 0.717) is 5.57 Å². The van der Waals surface area contributed by atoms with Crippen LogP contribution in [-0.2, 0) is 4.79 Å². The number of carbonyl (C=O) groups is 1. The van der Waals surface area contributed by atoms with E-state index in [9.17, 15) is 4.79 Å². The summed E-state index contributed by atoms with van der Waals surface area (Å²) in [6.45, 7) is 8.42. The molecule has 0 bridgehead atoms. The third-order valence-electron chi connectivity index (χ3n) is 4.40. The summed E-state index contributed by atoms with van der Waals surface area (Å²) < 4.78 is 0. The quantitative estimate of drug-likeness (QED) is 0.871. The molecule has 1 fully saturated rings. The highest BCUT2D eigenvalue weighted by Crippen LogP contribution is 2.31. The van der Waals surface area contributed by atoms with Crippen LogP contribution in [0.25, 0.3) is 11.3 Å². The predicted molar refractivity (Wildman–Crippen MR) is 91.9 cm³/mol. The summed E-state index contributed by atoms with van der Waals surface area (Å²) in [4.78, 5) is 22.2. The summed E-state index contributed by atoms with van der Waals surface area (Å²) in [5.41, 5.74) is 3.93. The lowest BCUT2D eigenvalue weighted by molar-refractivity contribution is -0.131. The van der Waals surface area contributed by atoms with E-state index in [1.807, 2.05) is 11.1 Å². The summed E-state index contributed by atoms with van der Waals surface area (Å²) in [6, 6.07) is 8.38. The molecule has 0 aliphatic carbocycles. The Morgan fingerprint density at radius 1 is 1.30 bits per heavy atom. The van der Waals surface area contributed by atoms with E-state index in [0.717, 1.165) is 42.9 Å². The number of benzene rings is 1. The van der Waals surface area contributed by atoms with Gasteiger partial charge in [-0.05, 0) is 38.7 Å². The van der Waals surface area contributed by atoms with E-state index >= 15 is 0 Å². The van der Waals surface area contributed by atoms with Gasteiger partial charge in [0.15, 0.2) is 0 Å².